The molecule has 0 fully saturated rings. The normalized spacial score (nSPS) is 14.4. The largest absolute Gasteiger partial charge is 0.390 e. The topological polar surface area (TPSA) is 15.3 Å². The SMILES string of the molecule is CCCN(CC)CCNC(C)CC(F)(F)F. The van der Waals surface area contributed by atoms with Crippen LogP contribution in [0.3, 0.4) is 0 Å². The molecule has 0 aromatic rings. The predicted octanol–water partition coefficient (Wildman–Crippen LogP) is 2.65. The number of halogens is 3. The molecule has 0 aliphatic heterocycles. The van der Waals surface area contributed by atoms with Crippen LogP contribution in [-0.2, 0) is 0 Å². The molecule has 0 saturated heterocycles. The molecule has 0 aromatic heterocycles. The van der Waals surface area contributed by atoms with Gasteiger partial charge in [0.15, 0.2) is 0 Å². The van der Waals surface area contributed by atoms with Crippen LogP contribution in [0.1, 0.15) is 33.6 Å². The third-order valence-corrected chi connectivity index (χ3v) is 2.45. The molecule has 0 aliphatic carbocycles. The fourth-order valence-electron chi connectivity index (χ4n) is 1.63. The van der Waals surface area contributed by atoms with Gasteiger partial charge in [-0.3, -0.25) is 0 Å². The van der Waals surface area contributed by atoms with Crippen molar-refractivity contribution in [1.82, 2.24) is 10.2 Å². The maximum Gasteiger partial charge on any atom is 0.390 e. The summed E-state index contributed by atoms with van der Waals surface area (Å²) < 4.78 is 36.1. The van der Waals surface area contributed by atoms with Crippen LogP contribution in [0.5, 0.6) is 0 Å². The highest BCUT2D eigenvalue weighted by Gasteiger charge is 2.29. The molecule has 0 aliphatic rings. The number of likely N-dealkylation sites (N-methyl/N-ethyl adjacent to an activating group) is 1. The molecular formula is C11H23F3N2. The summed E-state index contributed by atoms with van der Waals surface area (Å²) in [7, 11) is 0. The second-order valence-electron chi connectivity index (χ2n) is 4.11. The summed E-state index contributed by atoms with van der Waals surface area (Å²) in [6.07, 6.45) is -3.75. The molecule has 0 aromatic carbocycles. The second kappa shape index (κ2) is 7.90. The number of rotatable bonds is 8. The Bertz CT molecular complexity index is 171. The van der Waals surface area contributed by atoms with Gasteiger partial charge in [-0.15, -0.1) is 0 Å². The van der Waals surface area contributed by atoms with E-state index in [0.29, 0.717) is 6.54 Å². The summed E-state index contributed by atoms with van der Waals surface area (Å²) in [5, 5.41) is 2.90. The van der Waals surface area contributed by atoms with Gasteiger partial charge in [0, 0.05) is 19.1 Å². The van der Waals surface area contributed by atoms with E-state index in [-0.39, 0.29) is 0 Å². The lowest BCUT2D eigenvalue weighted by Crippen LogP contribution is -2.38. The maximum atomic E-state index is 12.0. The van der Waals surface area contributed by atoms with E-state index in [0.717, 1.165) is 26.1 Å². The minimum atomic E-state index is -4.07. The Morgan fingerprint density at radius 2 is 1.81 bits per heavy atom. The van der Waals surface area contributed by atoms with Crippen molar-refractivity contribution in [2.75, 3.05) is 26.2 Å². The zero-order valence-corrected chi connectivity index (χ0v) is 10.4. The van der Waals surface area contributed by atoms with Crippen LogP contribution < -0.4 is 5.32 Å². The van der Waals surface area contributed by atoms with Crippen LogP contribution >= 0.6 is 0 Å². The van der Waals surface area contributed by atoms with Crippen LogP contribution in [0.4, 0.5) is 13.2 Å². The number of hydrogen-bond acceptors (Lipinski definition) is 2. The highest BCUT2D eigenvalue weighted by molar-refractivity contribution is 4.67. The molecule has 0 radical (unpaired) electrons. The maximum absolute atomic E-state index is 12.0. The van der Waals surface area contributed by atoms with E-state index in [1.165, 1.54) is 0 Å². The van der Waals surface area contributed by atoms with E-state index < -0.39 is 18.6 Å². The summed E-state index contributed by atoms with van der Waals surface area (Å²) >= 11 is 0. The molecule has 0 bridgehead atoms. The highest BCUT2D eigenvalue weighted by Crippen LogP contribution is 2.21. The Morgan fingerprint density at radius 1 is 1.19 bits per heavy atom. The monoisotopic (exact) mass is 240 g/mol. The Hall–Kier alpha value is -0.290. The van der Waals surface area contributed by atoms with E-state index in [2.05, 4.69) is 24.1 Å². The minimum absolute atomic E-state index is 0.500. The van der Waals surface area contributed by atoms with Gasteiger partial charge in [0.1, 0.15) is 0 Å². The smallest absolute Gasteiger partial charge is 0.313 e. The van der Waals surface area contributed by atoms with E-state index in [9.17, 15) is 13.2 Å². The highest BCUT2D eigenvalue weighted by atomic mass is 19.4. The van der Waals surface area contributed by atoms with Gasteiger partial charge in [-0.1, -0.05) is 13.8 Å². The van der Waals surface area contributed by atoms with E-state index >= 15 is 0 Å². The Balaban J connectivity index is 3.63. The standard InChI is InChI=1S/C11H23F3N2/c1-4-7-16(5-2)8-6-15-10(3)9-11(12,13)14/h10,15H,4-9H2,1-3H3. The van der Waals surface area contributed by atoms with Crippen molar-refractivity contribution in [3.63, 3.8) is 0 Å². The average Bonchev–Trinajstić information content (AvgIpc) is 2.13. The van der Waals surface area contributed by atoms with Crippen LogP contribution in [0.25, 0.3) is 0 Å². The van der Waals surface area contributed by atoms with Gasteiger partial charge < -0.3 is 10.2 Å². The van der Waals surface area contributed by atoms with Crippen molar-refractivity contribution in [2.45, 2.75) is 45.8 Å². The van der Waals surface area contributed by atoms with Crippen molar-refractivity contribution in [1.29, 1.82) is 0 Å². The van der Waals surface area contributed by atoms with Gasteiger partial charge in [0.25, 0.3) is 0 Å². The molecule has 1 atom stereocenters. The first kappa shape index (κ1) is 15.7. The summed E-state index contributed by atoms with van der Waals surface area (Å²) in [4.78, 5) is 2.23. The molecule has 0 saturated carbocycles. The molecule has 98 valence electrons. The van der Waals surface area contributed by atoms with Crippen molar-refractivity contribution >= 4 is 0 Å². The number of nitrogens with one attached hydrogen (secondary N) is 1. The fraction of sp³-hybridized carbons (Fsp3) is 1.00. The van der Waals surface area contributed by atoms with Gasteiger partial charge in [0.2, 0.25) is 0 Å². The summed E-state index contributed by atoms with van der Waals surface area (Å²) in [5.74, 6) is 0. The Kier molecular flexibility index (Phi) is 7.76. The summed E-state index contributed by atoms with van der Waals surface area (Å²) in [5.41, 5.74) is 0. The van der Waals surface area contributed by atoms with E-state index in [1.807, 2.05) is 0 Å². The van der Waals surface area contributed by atoms with Crippen molar-refractivity contribution in [2.24, 2.45) is 0 Å². The van der Waals surface area contributed by atoms with Crippen LogP contribution in [0.2, 0.25) is 0 Å². The fourth-order valence-corrected chi connectivity index (χ4v) is 1.63. The number of nitrogens with zero attached hydrogens (tertiary/aromatic N) is 1. The lowest BCUT2D eigenvalue weighted by molar-refractivity contribution is -0.139. The first-order chi connectivity index (χ1) is 7.39. The minimum Gasteiger partial charge on any atom is -0.313 e. The van der Waals surface area contributed by atoms with E-state index in [1.54, 1.807) is 6.92 Å². The molecule has 1 N–H and O–H groups in total. The molecule has 0 heterocycles. The second-order valence-corrected chi connectivity index (χ2v) is 4.11. The Morgan fingerprint density at radius 3 is 2.25 bits per heavy atom. The van der Waals surface area contributed by atoms with Crippen molar-refractivity contribution in [3.8, 4) is 0 Å². The van der Waals surface area contributed by atoms with Crippen molar-refractivity contribution < 1.29 is 13.2 Å². The van der Waals surface area contributed by atoms with Gasteiger partial charge in [0.05, 0.1) is 6.42 Å². The molecule has 0 amide bonds. The van der Waals surface area contributed by atoms with Crippen LogP contribution in [0, 0.1) is 0 Å². The Labute approximate surface area is 96.2 Å². The van der Waals surface area contributed by atoms with Gasteiger partial charge in [-0.25, -0.2) is 0 Å². The predicted molar refractivity (Wildman–Crippen MR) is 60.5 cm³/mol. The molecule has 0 spiro atoms. The molecule has 0 rings (SSSR count). The van der Waals surface area contributed by atoms with E-state index in [4.69, 9.17) is 0 Å². The van der Waals surface area contributed by atoms with Gasteiger partial charge in [-0.05, 0) is 26.4 Å². The zero-order valence-electron chi connectivity index (χ0n) is 10.4. The molecule has 2 nitrogen and oxygen atoms in total. The lowest BCUT2D eigenvalue weighted by Gasteiger charge is -2.21. The molecule has 5 heteroatoms. The molecule has 16 heavy (non-hydrogen) atoms. The lowest BCUT2D eigenvalue weighted by atomic mass is 10.2. The first-order valence-corrected chi connectivity index (χ1v) is 5.91. The third kappa shape index (κ3) is 8.97. The molecule has 1 unspecified atom stereocenters. The number of alkyl halides is 3. The average molecular weight is 240 g/mol. The molecular weight excluding hydrogens is 217 g/mol. The zero-order chi connectivity index (χ0) is 12.6. The van der Waals surface area contributed by atoms with Crippen LogP contribution in [-0.4, -0.2) is 43.3 Å². The van der Waals surface area contributed by atoms with Gasteiger partial charge in [-0.2, -0.15) is 13.2 Å². The van der Waals surface area contributed by atoms with Gasteiger partial charge >= 0.3 is 6.18 Å². The summed E-state index contributed by atoms with van der Waals surface area (Å²) in [6.45, 7) is 9.12. The first-order valence-electron chi connectivity index (χ1n) is 5.91. The third-order valence-electron chi connectivity index (χ3n) is 2.45. The van der Waals surface area contributed by atoms with Crippen molar-refractivity contribution in [3.05, 3.63) is 0 Å². The van der Waals surface area contributed by atoms with Crippen LogP contribution in [0.15, 0.2) is 0 Å². The quantitative estimate of drug-likeness (QED) is 0.701. The summed E-state index contributed by atoms with van der Waals surface area (Å²) in [6, 6.07) is -0.500. The number of hydrogen-bond donors (Lipinski definition) is 1.